The zero-order valence-corrected chi connectivity index (χ0v) is 10.1. The standard InChI is InChI=1S/C12H15NO5/c1-3-5-12(11(15)8-13(16)17)6-4-9(14)10(7-12)18-2/h3-4,7,14H,1,5-6,8H2,2H3. The van der Waals surface area contributed by atoms with Crippen molar-refractivity contribution in [3.63, 3.8) is 0 Å². The van der Waals surface area contributed by atoms with Gasteiger partial charge in [0.25, 0.3) is 6.54 Å². The molecule has 1 aliphatic carbocycles. The van der Waals surface area contributed by atoms with Gasteiger partial charge in [-0.05, 0) is 25.0 Å². The average molecular weight is 253 g/mol. The van der Waals surface area contributed by atoms with Gasteiger partial charge < -0.3 is 9.84 Å². The van der Waals surface area contributed by atoms with Crippen LogP contribution in [0.3, 0.4) is 0 Å². The highest BCUT2D eigenvalue weighted by Gasteiger charge is 2.40. The summed E-state index contributed by atoms with van der Waals surface area (Å²) in [7, 11) is 1.36. The van der Waals surface area contributed by atoms with E-state index in [2.05, 4.69) is 6.58 Å². The summed E-state index contributed by atoms with van der Waals surface area (Å²) < 4.78 is 4.95. The third-order valence-electron chi connectivity index (χ3n) is 2.88. The zero-order chi connectivity index (χ0) is 13.8. The van der Waals surface area contributed by atoms with Crippen LogP contribution in [0.25, 0.3) is 0 Å². The number of Topliss-reactive ketones (excluding diaryl/α,β-unsaturated/α-hetero) is 1. The van der Waals surface area contributed by atoms with Crippen LogP contribution >= 0.6 is 0 Å². The molecule has 0 amide bonds. The predicted molar refractivity (Wildman–Crippen MR) is 64.5 cm³/mol. The number of rotatable bonds is 6. The first kappa shape index (κ1) is 14.0. The lowest BCUT2D eigenvalue weighted by atomic mass is 9.74. The first-order chi connectivity index (χ1) is 8.45. The number of ketones is 1. The molecule has 0 aromatic carbocycles. The second-order valence-electron chi connectivity index (χ2n) is 4.07. The number of hydrogen-bond acceptors (Lipinski definition) is 5. The van der Waals surface area contributed by atoms with Crippen LogP contribution in [0.2, 0.25) is 0 Å². The third-order valence-corrected chi connectivity index (χ3v) is 2.88. The van der Waals surface area contributed by atoms with E-state index in [9.17, 15) is 20.0 Å². The maximum atomic E-state index is 12.0. The summed E-state index contributed by atoms with van der Waals surface area (Å²) in [6.45, 7) is 2.80. The molecule has 6 nitrogen and oxygen atoms in total. The number of aliphatic hydroxyl groups excluding tert-OH is 1. The summed E-state index contributed by atoms with van der Waals surface area (Å²) in [5.41, 5.74) is -1.05. The van der Waals surface area contributed by atoms with Gasteiger partial charge in [0, 0.05) is 4.92 Å². The Morgan fingerprint density at radius 2 is 2.44 bits per heavy atom. The first-order valence-corrected chi connectivity index (χ1v) is 5.37. The summed E-state index contributed by atoms with van der Waals surface area (Å²) in [4.78, 5) is 21.8. The largest absolute Gasteiger partial charge is 0.504 e. The fraction of sp³-hybridized carbons (Fsp3) is 0.417. The Hall–Kier alpha value is -2.11. The fourth-order valence-electron chi connectivity index (χ4n) is 1.91. The van der Waals surface area contributed by atoms with Crippen molar-refractivity contribution < 1.29 is 19.6 Å². The number of hydrogen-bond donors (Lipinski definition) is 1. The van der Waals surface area contributed by atoms with Gasteiger partial charge in [-0.25, -0.2) is 0 Å². The highest BCUT2D eigenvalue weighted by atomic mass is 16.6. The van der Waals surface area contributed by atoms with Crippen molar-refractivity contribution in [2.45, 2.75) is 12.8 Å². The monoisotopic (exact) mass is 253 g/mol. The molecule has 98 valence electrons. The normalized spacial score (nSPS) is 22.7. The van der Waals surface area contributed by atoms with Gasteiger partial charge in [0.05, 0.1) is 12.5 Å². The summed E-state index contributed by atoms with van der Waals surface area (Å²) in [6, 6.07) is 0. The number of carbonyl (C=O) groups excluding carboxylic acids is 1. The molecule has 0 fully saturated rings. The minimum absolute atomic E-state index is 0.0638. The number of nitro groups is 1. The highest BCUT2D eigenvalue weighted by molar-refractivity contribution is 5.88. The van der Waals surface area contributed by atoms with E-state index in [4.69, 9.17) is 4.74 Å². The van der Waals surface area contributed by atoms with E-state index in [1.54, 1.807) is 0 Å². The van der Waals surface area contributed by atoms with Gasteiger partial charge in [0.1, 0.15) is 0 Å². The summed E-state index contributed by atoms with van der Waals surface area (Å²) >= 11 is 0. The van der Waals surface area contributed by atoms with Crippen LogP contribution in [0.15, 0.2) is 36.3 Å². The Morgan fingerprint density at radius 1 is 1.78 bits per heavy atom. The molecule has 0 saturated carbocycles. The second-order valence-corrected chi connectivity index (χ2v) is 4.07. The molecule has 0 aromatic rings. The van der Waals surface area contributed by atoms with Crippen LogP contribution in [0, 0.1) is 15.5 Å². The maximum absolute atomic E-state index is 12.0. The van der Waals surface area contributed by atoms with Crippen LogP contribution in [-0.2, 0) is 9.53 Å². The molecule has 1 N–H and O–H groups in total. The van der Waals surface area contributed by atoms with Crippen molar-refractivity contribution in [3.05, 3.63) is 46.4 Å². The van der Waals surface area contributed by atoms with Gasteiger partial charge in [0.2, 0.25) is 5.78 Å². The Kier molecular flexibility index (Phi) is 4.25. The molecule has 0 spiro atoms. The van der Waals surface area contributed by atoms with Gasteiger partial charge in [-0.2, -0.15) is 0 Å². The van der Waals surface area contributed by atoms with Gasteiger partial charge in [0.15, 0.2) is 11.5 Å². The molecule has 18 heavy (non-hydrogen) atoms. The lowest BCUT2D eigenvalue weighted by Gasteiger charge is -2.29. The van der Waals surface area contributed by atoms with Crippen LogP contribution < -0.4 is 0 Å². The van der Waals surface area contributed by atoms with E-state index >= 15 is 0 Å². The molecule has 0 bridgehead atoms. The number of methoxy groups -OCH3 is 1. The molecule has 0 aliphatic heterocycles. The van der Waals surface area contributed by atoms with E-state index in [1.165, 1.54) is 25.3 Å². The molecule has 0 aromatic heterocycles. The van der Waals surface area contributed by atoms with Gasteiger partial charge in [-0.3, -0.25) is 14.9 Å². The Balaban J connectivity index is 3.10. The Bertz CT molecular complexity index is 438. The topological polar surface area (TPSA) is 89.7 Å². The van der Waals surface area contributed by atoms with E-state index in [-0.39, 0.29) is 24.4 Å². The summed E-state index contributed by atoms with van der Waals surface area (Å²) in [5.74, 6) is -0.434. The van der Waals surface area contributed by atoms with Gasteiger partial charge >= 0.3 is 0 Å². The minimum atomic E-state index is -1.05. The smallest absolute Gasteiger partial charge is 0.262 e. The molecular weight excluding hydrogens is 238 g/mol. The molecule has 6 heteroatoms. The number of aliphatic hydroxyl groups is 1. The molecule has 0 heterocycles. The second kappa shape index (κ2) is 5.48. The molecule has 0 radical (unpaired) electrons. The van der Waals surface area contributed by atoms with Crippen molar-refractivity contribution in [1.29, 1.82) is 0 Å². The SMILES string of the molecule is C=CCC1(C(=O)C[N+](=O)[O-])C=C(OC)C(O)=CC1. The zero-order valence-electron chi connectivity index (χ0n) is 10.1. The fourth-order valence-corrected chi connectivity index (χ4v) is 1.91. The van der Waals surface area contributed by atoms with Crippen molar-refractivity contribution in [1.82, 2.24) is 0 Å². The maximum Gasteiger partial charge on any atom is 0.262 e. The van der Waals surface area contributed by atoms with Crippen LogP contribution in [0.4, 0.5) is 0 Å². The van der Waals surface area contributed by atoms with E-state index in [0.29, 0.717) is 0 Å². The van der Waals surface area contributed by atoms with Crippen LogP contribution in [-0.4, -0.2) is 29.5 Å². The van der Waals surface area contributed by atoms with Crippen molar-refractivity contribution in [2.24, 2.45) is 5.41 Å². The molecule has 1 atom stereocenters. The van der Waals surface area contributed by atoms with Crippen LogP contribution in [0.1, 0.15) is 12.8 Å². The number of carbonyl (C=O) groups is 1. The molecular formula is C12H15NO5. The van der Waals surface area contributed by atoms with E-state index < -0.39 is 22.7 Å². The highest BCUT2D eigenvalue weighted by Crippen LogP contribution is 2.37. The quantitative estimate of drug-likeness (QED) is 0.442. The van der Waals surface area contributed by atoms with Crippen LogP contribution in [0.5, 0.6) is 0 Å². The summed E-state index contributed by atoms with van der Waals surface area (Å²) in [6.07, 6.45) is 4.86. The summed E-state index contributed by atoms with van der Waals surface area (Å²) in [5, 5.41) is 20.0. The molecule has 0 saturated heterocycles. The third kappa shape index (κ3) is 2.77. The van der Waals surface area contributed by atoms with Crippen molar-refractivity contribution in [2.75, 3.05) is 13.7 Å². The van der Waals surface area contributed by atoms with E-state index in [0.717, 1.165) is 0 Å². The number of allylic oxidation sites excluding steroid dienone is 3. The lowest BCUT2D eigenvalue weighted by Crippen LogP contribution is -2.35. The van der Waals surface area contributed by atoms with Crippen molar-refractivity contribution in [3.8, 4) is 0 Å². The molecule has 1 rings (SSSR count). The Morgan fingerprint density at radius 3 is 2.94 bits per heavy atom. The molecule has 1 aliphatic rings. The van der Waals surface area contributed by atoms with Crippen molar-refractivity contribution >= 4 is 5.78 Å². The van der Waals surface area contributed by atoms with E-state index in [1.807, 2.05) is 0 Å². The Labute approximate surface area is 104 Å². The predicted octanol–water partition coefficient (Wildman–Crippen LogP) is 1.77. The first-order valence-electron chi connectivity index (χ1n) is 5.37. The number of nitrogens with zero attached hydrogens (tertiary/aromatic N) is 1. The number of ether oxygens (including phenoxy) is 1. The molecule has 1 unspecified atom stereocenters. The average Bonchev–Trinajstić information content (AvgIpc) is 2.31. The van der Waals surface area contributed by atoms with Gasteiger partial charge in [-0.15, -0.1) is 6.58 Å². The van der Waals surface area contributed by atoms with Gasteiger partial charge in [-0.1, -0.05) is 6.08 Å². The lowest BCUT2D eigenvalue weighted by molar-refractivity contribution is -0.468. The minimum Gasteiger partial charge on any atom is -0.504 e.